The van der Waals surface area contributed by atoms with Crippen LogP contribution in [0.3, 0.4) is 0 Å². The highest BCUT2D eigenvalue weighted by Gasteiger charge is 2.13. The van der Waals surface area contributed by atoms with Crippen LogP contribution in [-0.2, 0) is 11.5 Å². The molecule has 104 valence electrons. The minimum absolute atomic E-state index is 0.0846. The highest BCUT2D eigenvalue weighted by atomic mass is 28.3. The van der Waals surface area contributed by atoms with E-state index in [1.807, 2.05) is 0 Å². The van der Waals surface area contributed by atoms with Crippen LogP contribution in [0.25, 0.3) is 11.2 Å². The average molecular weight is 281 g/mol. The van der Waals surface area contributed by atoms with Crippen LogP contribution >= 0.6 is 0 Å². The Bertz CT molecular complexity index is 628. The van der Waals surface area contributed by atoms with E-state index in [-0.39, 0.29) is 17.0 Å². The summed E-state index contributed by atoms with van der Waals surface area (Å²) in [6.07, 6.45) is 1.54. The van der Waals surface area contributed by atoms with Gasteiger partial charge in [0, 0.05) is 14.7 Å². The van der Waals surface area contributed by atoms with Crippen LogP contribution in [0.2, 0.25) is 25.7 Å². The van der Waals surface area contributed by atoms with E-state index in [9.17, 15) is 4.79 Å². The second-order valence-electron chi connectivity index (χ2n) is 5.69. The number of fused-ring (bicyclic) bond motifs is 1. The molecule has 2 aromatic heterocycles. The molecule has 3 N–H and O–H groups in total. The highest BCUT2D eigenvalue weighted by Crippen LogP contribution is 2.09. The van der Waals surface area contributed by atoms with Gasteiger partial charge in [0.15, 0.2) is 11.2 Å². The molecule has 8 heteroatoms. The van der Waals surface area contributed by atoms with Crippen LogP contribution in [0, 0.1) is 0 Å². The first-order valence-corrected chi connectivity index (χ1v) is 9.86. The number of rotatable bonds is 5. The van der Waals surface area contributed by atoms with Gasteiger partial charge in [0.05, 0.1) is 6.33 Å². The van der Waals surface area contributed by atoms with Crippen LogP contribution in [0.1, 0.15) is 0 Å². The number of hydrogen-bond acceptors (Lipinski definition) is 5. The maximum atomic E-state index is 11.6. The molecule has 2 heterocycles. The number of hydrogen-bond donors (Lipinski definition) is 2. The monoisotopic (exact) mass is 281 g/mol. The minimum Gasteiger partial charge on any atom is -0.369 e. The molecule has 0 amide bonds. The van der Waals surface area contributed by atoms with Gasteiger partial charge in [-0.15, -0.1) is 0 Å². The number of nitrogens with one attached hydrogen (secondary N) is 1. The molecule has 0 atom stereocenters. The van der Waals surface area contributed by atoms with Crippen molar-refractivity contribution in [2.75, 3.05) is 12.3 Å². The van der Waals surface area contributed by atoms with E-state index < -0.39 is 8.07 Å². The number of nitrogens with zero attached hydrogens (tertiary/aromatic N) is 3. The zero-order valence-electron chi connectivity index (χ0n) is 11.4. The van der Waals surface area contributed by atoms with Gasteiger partial charge in [-0.2, -0.15) is 4.98 Å². The van der Waals surface area contributed by atoms with Crippen LogP contribution < -0.4 is 11.3 Å². The summed E-state index contributed by atoms with van der Waals surface area (Å²) in [5, 5.41) is 0. The minimum atomic E-state index is -1.09. The quantitative estimate of drug-likeness (QED) is 0.629. The third-order valence-electron chi connectivity index (χ3n) is 2.72. The molecule has 0 bridgehead atoms. The molecule has 0 unspecified atom stereocenters. The number of nitrogen functional groups attached to an aromatic ring is 1. The standard InChI is InChI=1S/C11H19N5O2Si/c1-19(2,3)5-4-18-7-16-6-13-8-9(16)14-11(12)15-10(8)17/h6H,4-5,7H2,1-3H3,(H3,12,14,15,17). The molecule has 0 aliphatic carbocycles. The maximum absolute atomic E-state index is 11.6. The van der Waals surface area contributed by atoms with Crippen molar-refractivity contribution in [1.82, 2.24) is 19.5 Å². The molecule has 2 rings (SSSR count). The van der Waals surface area contributed by atoms with E-state index >= 15 is 0 Å². The van der Waals surface area contributed by atoms with Crippen LogP contribution in [0.5, 0.6) is 0 Å². The lowest BCUT2D eigenvalue weighted by Gasteiger charge is -2.15. The average Bonchev–Trinajstić information content (AvgIpc) is 2.66. The first-order valence-electron chi connectivity index (χ1n) is 6.15. The highest BCUT2D eigenvalue weighted by molar-refractivity contribution is 6.76. The Kier molecular flexibility index (Phi) is 3.72. The molecule has 0 saturated carbocycles. The lowest BCUT2D eigenvalue weighted by molar-refractivity contribution is 0.0895. The largest absolute Gasteiger partial charge is 0.369 e. The van der Waals surface area contributed by atoms with Gasteiger partial charge in [0.1, 0.15) is 6.73 Å². The normalized spacial score (nSPS) is 12.2. The molecular weight excluding hydrogens is 262 g/mol. The van der Waals surface area contributed by atoms with Gasteiger partial charge in [-0.05, 0) is 6.04 Å². The van der Waals surface area contributed by atoms with Gasteiger partial charge in [-0.1, -0.05) is 19.6 Å². The number of imidazole rings is 1. The fraction of sp³-hybridized carbons (Fsp3) is 0.545. The topological polar surface area (TPSA) is 98.8 Å². The Labute approximate surface area is 111 Å². The van der Waals surface area contributed by atoms with Crippen molar-refractivity contribution in [2.24, 2.45) is 0 Å². The summed E-state index contributed by atoms with van der Waals surface area (Å²) >= 11 is 0. The Morgan fingerprint density at radius 3 is 2.89 bits per heavy atom. The van der Waals surface area contributed by atoms with Gasteiger partial charge in [0.25, 0.3) is 5.56 Å². The maximum Gasteiger partial charge on any atom is 0.280 e. The first-order chi connectivity index (χ1) is 8.87. The van der Waals surface area contributed by atoms with Crippen molar-refractivity contribution < 1.29 is 4.74 Å². The molecule has 0 fully saturated rings. The van der Waals surface area contributed by atoms with Crippen LogP contribution in [-0.4, -0.2) is 34.2 Å². The van der Waals surface area contributed by atoms with Gasteiger partial charge >= 0.3 is 0 Å². The number of nitrogens with two attached hydrogens (primary N) is 1. The van der Waals surface area contributed by atoms with E-state index in [1.165, 1.54) is 0 Å². The Morgan fingerprint density at radius 2 is 2.21 bits per heavy atom. The van der Waals surface area contributed by atoms with Gasteiger partial charge in [0.2, 0.25) is 5.95 Å². The van der Waals surface area contributed by atoms with Gasteiger partial charge < -0.3 is 10.5 Å². The lowest BCUT2D eigenvalue weighted by Crippen LogP contribution is -2.22. The Morgan fingerprint density at radius 1 is 1.47 bits per heavy atom. The third-order valence-corrected chi connectivity index (χ3v) is 4.42. The predicted molar refractivity (Wildman–Crippen MR) is 76.7 cm³/mol. The lowest BCUT2D eigenvalue weighted by atomic mass is 10.5. The summed E-state index contributed by atoms with van der Waals surface area (Å²) < 4.78 is 7.29. The summed E-state index contributed by atoms with van der Waals surface area (Å²) in [6.45, 7) is 7.92. The second-order valence-corrected chi connectivity index (χ2v) is 11.3. The summed E-state index contributed by atoms with van der Waals surface area (Å²) in [4.78, 5) is 22.1. The number of aromatic amines is 1. The van der Waals surface area contributed by atoms with E-state index in [2.05, 4.69) is 34.6 Å². The van der Waals surface area contributed by atoms with E-state index in [0.717, 1.165) is 6.04 Å². The summed E-state index contributed by atoms with van der Waals surface area (Å²) in [6, 6.07) is 1.09. The molecule has 2 aromatic rings. The summed E-state index contributed by atoms with van der Waals surface area (Å²) in [5.41, 5.74) is 5.92. The molecule has 0 radical (unpaired) electrons. The summed E-state index contributed by atoms with van der Waals surface area (Å²) in [5.74, 6) is 0.0846. The van der Waals surface area contributed by atoms with Crippen molar-refractivity contribution >= 4 is 25.2 Å². The van der Waals surface area contributed by atoms with E-state index in [0.29, 0.717) is 19.0 Å². The summed E-state index contributed by atoms with van der Waals surface area (Å²) in [7, 11) is -1.09. The number of ether oxygens (including phenoxy) is 1. The van der Waals surface area contributed by atoms with Crippen molar-refractivity contribution in [1.29, 1.82) is 0 Å². The Balaban J connectivity index is 2.08. The zero-order chi connectivity index (χ0) is 14.0. The smallest absolute Gasteiger partial charge is 0.280 e. The predicted octanol–water partition coefficient (Wildman–Crippen LogP) is 1.01. The number of anilines is 1. The molecule has 0 spiro atoms. The van der Waals surface area contributed by atoms with Crippen molar-refractivity contribution in [3.63, 3.8) is 0 Å². The second kappa shape index (κ2) is 5.14. The Hall–Kier alpha value is -1.67. The fourth-order valence-electron chi connectivity index (χ4n) is 1.61. The molecule has 0 aromatic carbocycles. The van der Waals surface area contributed by atoms with Crippen LogP contribution in [0.15, 0.2) is 11.1 Å². The molecule has 19 heavy (non-hydrogen) atoms. The van der Waals surface area contributed by atoms with Gasteiger partial charge in [-0.3, -0.25) is 14.3 Å². The molecule has 0 aliphatic heterocycles. The SMILES string of the molecule is C[Si](C)(C)CCOCn1cnc2c(=O)[nH]c(N)nc21. The molecule has 0 saturated heterocycles. The van der Waals surface area contributed by atoms with Crippen molar-refractivity contribution in [3.05, 3.63) is 16.7 Å². The van der Waals surface area contributed by atoms with E-state index in [1.54, 1.807) is 10.9 Å². The first kappa shape index (κ1) is 13.8. The third kappa shape index (κ3) is 3.41. The fourth-order valence-corrected chi connectivity index (χ4v) is 2.36. The molecular formula is C11H19N5O2Si. The van der Waals surface area contributed by atoms with Crippen molar-refractivity contribution in [2.45, 2.75) is 32.4 Å². The van der Waals surface area contributed by atoms with Gasteiger partial charge in [-0.25, -0.2) is 4.98 Å². The zero-order valence-corrected chi connectivity index (χ0v) is 12.4. The van der Waals surface area contributed by atoms with Crippen LogP contribution in [0.4, 0.5) is 5.95 Å². The number of aromatic nitrogens is 4. The molecule has 7 nitrogen and oxygen atoms in total. The van der Waals surface area contributed by atoms with Crippen molar-refractivity contribution in [3.8, 4) is 0 Å². The molecule has 0 aliphatic rings. The van der Waals surface area contributed by atoms with E-state index in [4.69, 9.17) is 10.5 Å². The number of H-pyrrole nitrogens is 1.